The minimum atomic E-state index is -4.50. The Kier molecular flexibility index (Phi) is 7.17. The summed E-state index contributed by atoms with van der Waals surface area (Å²) >= 11 is 0. The second-order valence-corrected chi connectivity index (χ2v) is 6.97. The number of nitrogens with zero attached hydrogens (tertiary/aromatic N) is 2. The standard InChI is InChI=1S/C22H21F3N4O2/c23-22(24,25)17-10-4-9-16(14-17)20-27-21(31)18(28-29-20)11-12-19(30)26-13-5-8-15-6-2-1-3-7-15/h1-4,6-7,9-10,14H,5,8,11-13H2,(H,26,30)(H,27,29,31). The Morgan fingerprint density at radius 1 is 1.00 bits per heavy atom. The van der Waals surface area contributed by atoms with Crippen molar-refractivity contribution < 1.29 is 18.0 Å². The van der Waals surface area contributed by atoms with Crippen LogP contribution < -0.4 is 10.9 Å². The topological polar surface area (TPSA) is 87.7 Å². The molecule has 1 amide bonds. The molecule has 162 valence electrons. The number of alkyl halides is 3. The average Bonchev–Trinajstić information content (AvgIpc) is 2.76. The first-order valence-corrected chi connectivity index (χ1v) is 9.77. The van der Waals surface area contributed by atoms with Gasteiger partial charge in [-0.3, -0.25) is 9.59 Å². The number of H-pyrrole nitrogens is 1. The summed E-state index contributed by atoms with van der Waals surface area (Å²) in [6, 6.07) is 14.4. The lowest BCUT2D eigenvalue weighted by Gasteiger charge is -2.08. The molecule has 3 aromatic rings. The van der Waals surface area contributed by atoms with Crippen molar-refractivity contribution in [2.75, 3.05) is 6.54 Å². The number of aromatic nitrogens is 3. The van der Waals surface area contributed by atoms with Crippen LogP contribution in [0.2, 0.25) is 0 Å². The third-order valence-corrected chi connectivity index (χ3v) is 4.62. The SMILES string of the molecule is O=C(CCc1nnc(-c2cccc(C(F)(F)F)c2)[nH]c1=O)NCCCc1ccccc1. The molecule has 0 saturated heterocycles. The molecule has 0 aliphatic rings. The second kappa shape index (κ2) is 10.0. The van der Waals surface area contributed by atoms with Crippen molar-refractivity contribution in [2.45, 2.75) is 31.9 Å². The monoisotopic (exact) mass is 430 g/mol. The van der Waals surface area contributed by atoms with Gasteiger partial charge in [0.25, 0.3) is 5.56 Å². The van der Waals surface area contributed by atoms with Crippen LogP contribution in [-0.4, -0.2) is 27.6 Å². The number of nitrogens with one attached hydrogen (secondary N) is 2. The van der Waals surface area contributed by atoms with Crippen LogP contribution in [0.15, 0.2) is 59.4 Å². The molecule has 0 unspecified atom stereocenters. The number of halogens is 3. The van der Waals surface area contributed by atoms with Crippen LogP contribution in [0.3, 0.4) is 0 Å². The first kappa shape index (κ1) is 22.2. The van der Waals surface area contributed by atoms with Gasteiger partial charge < -0.3 is 10.3 Å². The van der Waals surface area contributed by atoms with Crippen molar-refractivity contribution in [1.82, 2.24) is 20.5 Å². The highest BCUT2D eigenvalue weighted by atomic mass is 19.4. The summed E-state index contributed by atoms with van der Waals surface area (Å²) in [7, 11) is 0. The van der Waals surface area contributed by atoms with Crippen LogP contribution in [0, 0.1) is 0 Å². The van der Waals surface area contributed by atoms with E-state index in [-0.39, 0.29) is 35.8 Å². The third-order valence-electron chi connectivity index (χ3n) is 4.62. The van der Waals surface area contributed by atoms with Crippen molar-refractivity contribution in [3.8, 4) is 11.4 Å². The van der Waals surface area contributed by atoms with Gasteiger partial charge in [0.05, 0.1) is 5.56 Å². The van der Waals surface area contributed by atoms with Crippen LogP contribution in [-0.2, 0) is 23.8 Å². The Bertz CT molecular complexity index is 1080. The van der Waals surface area contributed by atoms with Gasteiger partial charge in [-0.25, -0.2) is 0 Å². The number of carbonyl (C=O) groups is 1. The minimum Gasteiger partial charge on any atom is -0.356 e. The van der Waals surface area contributed by atoms with Gasteiger partial charge >= 0.3 is 6.18 Å². The number of amides is 1. The molecule has 31 heavy (non-hydrogen) atoms. The molecule has 2 N–H and O–H groups in total. The Balaban J connectivity index is 1.51. The molecule has 0 saturated carbocycles. The van der Waals surface area contributed by atoms with E-state index in [1.54, 1.807) is 0 Å². The Hall–Kier alpha value is -3.49. The normalized spacial score (nSPS) is 11.3. The summed E-state index contributed by atoms with van der Waals surface area (Å²) in [6.45, 7) is 0.518. The molecule has 6 nitrogen and oxygen atoms in total. The number of benzene rings is 2. The predicted octanol–water partition coefficient (Wildman–Crippen LogP) is 3.53. The summed E-state index contributed by atoms with van der Waals surface area (Å²) in [5, 5.41) is 10.4. The zero-order valence-electron chi connectivity index (χ0n) is 16.6. The summed E-state index contributed by atoms with van der Waals surface area (Å²) in [4.78, 5) is 26.6. The van der Waals surface area contributed by atoms with Crippen molar-refractivity contribution in [2.24, 2.45) is 0 Å². The molecule has 0 radical (unpaired) electrons. The van der Waals surface area contributed by atoms with Gasteiger partial charge in [0.2, 0.25) is 5.91 Å². The molecule has 2 aromatic carbocycles. The molecule has 0 spiro atoms. The molecule has 1 heterocycles. The zero-order chi connectivity index (χ0) is 22.3. The lowest BCUT2D eigenvalue weighted by atomic mass is 10.1. The number of aromatic amines is 1. The second-order valence-electron chi connectivity index (χ2n) is 6.97. The summed E-state index contributed by atoms with van der Waals surface area (Å²) in [5.74, 6) is -0.276. The van der Waals surface area contributed by atoms with Gasteiger partial charge in [0, 0.05) is 24.9 Å². The fraction of sp³-hybridized carbons (Fsp3) is 0.273. The van der Waals surface area contributed by atoms with E-state index in [9.17, 15) is 22.8 Å². The lowest BCUT2D eigenvalue weighted by Crippen LogP contribution is -2.26. The van der Waals surface area contributed by atoms with Crippen LogP contribution in [0.1, 0.15) is 29.7 Å². The highest BCUT2D eigenvalue weighted by Gasteiger charge is 2.30. The van der Waals surface area contributed by atoms with Crippen LogP contribution in [0.4, 0.5) is 13.2 Å². The van der Waals surface area contributed by atoms with Gasteiger partial charge in [0.1, 0.15) is 5.69 Å². The third kappa shape index (κ3) is 6.50. The van der Waals surface area contributed by atoms with E-state index < -0.39 is 17.3 Å². The fourth-order valence-corrected chi connectivity index (χ4v) is 2.98. The number of hydrogen-bond donors (Lipinski definition) is 2. The maximum Gasteiger partial charge on any atom is 0.416 e. The molecule has 0 aliphatic heterocycles. The highest BCUT2D eigenvalue weighted by Crippen LogP contribution is 2.31. The Morgan fingerprint density at radius 3 is 2.48 bits per heavy atom. The Morgan fingerprint density at radius 2 is 1.77 bits per heavy atom. The van der Waals surface area contributed by atoms with Crippen molar-refractivity contribution >= 4 is 5.91 Å². The predicted molar refractivity (Wildman–Crippen MR) is 109 cm³/mol. The molecule has 3 rings (SSSR count). The minimum absolute atomic E-state index is 0.0511. The average molecular weight is 430 g/mol. The van der Waals surface area contributed by atoms with E-state index >= 15 is 0 Å². The van der Waals surface area contributed by atoms with E-state index in [0.29, 0.717) is 6.54 Å². The maximum atomic E-state index is 12.9. The summed E-state index contributed by atoms with van der Waals surface area (Å²) < 4.78 is 38.6. The van der Waals surface area contributed by atoms with Gasteiger partial charge in [0.15, 0.2) is 5.82 Å². The largest absolute Gasteiger partial charge is 0.416 e. The van der Waals surface area contributed by atoms with Gasteiger partial charge in [-0.1, -0.05) is 42.5 Å². The quantitative estimate of drug-likeness (QED) is 0.535. The molecule has 1 aromatic heterocycles. The van der Waals surface area contributed by atoms with Crippen LogP contribution in [0.5, 0.6) is 0 Å². The maximum absolute atomic E-state index is 12.9. The van der Waals surface area contributed by atoms with Gasteiger partial charge in [-0.15, -0.1) is 10.2 Å². The molecule has 9 heteroatoms. The fourth-order valence-electron chi connectivity index (χ4n) is 2.98. The van der Waals surface area contributed by atoms with Crippen molar-refractivity contribution in [1.29, 1.82) is 0 Å². The van der Waals surface area contributed by atoms with E-state index in [0.717, 1.165) is 25.0 Å². The molecule has 0 fully saturated rings. The number of carbonyl (C=O) groups excluding carboxylic acids is 1. The summed E-state index contributed by atoms with van der Waals surface area (Å²) in [6.07, 6.45) is -2.72. The molecular weight excluding hydrogens is 409 g/mol. The number of aryl methyl sites for hydroxylation is 2. The van der Waals surface area contributed by atoms with Crippen molar-refractivity contribution in [3.05, 3.63) is 81.8 Å². The number of rotatable bonds is 8. The van der Waals surface area contributed by atoms with E-state index in [1.807, 2.05) is 30.3 Å². The summed E-state index contributed by atoms with van der Waals surface area (Å²) in [5.41, 5.74) is -0.0864. The number of hydrogen-bond acceptors (Lipinski definition) is 4. The molecule has 0 bridgehead atoms. The zero-order valence-corrected chi connectivity index (χ0v) is 16.6. The molecule has 0 aliphatic carbocycles. The smallest absolute Gasteiger partial charge is 0.356 e. The Labute approximate surface area is 176 Å². The lowest BCUT2D eigenvalue weighted by molar-refractivity contribution is -0.137. The first-order chi connectivity index (χ1) is 14.8. The van der Waals surface area contributed by atoms with E-state index in [4.69, 9.17) is 0 Å². The highest BCUT2D eigenvalue weighted by molar-refractivity contribution is 5.76. The van der Waals surface area contributed by atoms with Crippen LogP contribution >= 0.6 is 0 Å². The first-order valence-electron chi connectivity index (χ1n) is 9.77. The van der Waals surface area contributed by atoms with E-state index in [2.05, 4.69) is 20.5 Å². The molecular formula is C22H21F3N4O2. The molecule has 0 atom stereocenters. The van der Waals surface area contributed by atoms with E-state index in [1.165, 1.54) is 17.7 Å². The van der Waals surface area contributed by atoms with Crippen molar-refractivity contribution in [3.63, 3.8) is 0 Å². The van der Waals surface area contributed by atoms with Gasteiger partial charge in [-0.2, -0.15) is 13.2 Å². The van der Waals surface area contributed by atoms with Crippen LogP contribution in [0.25, 0.3) is 11.4 Å². The van der Waals surface area contributed by atoms with Gasteiger partial charge in [-0.05, 0) is 30.5 Å².